The Balaban J connectivity index is 1.65. The summed E-state index contributed by atoms with van der Waals surface area (Å²) in [6.07, 6.45) is 5.66. The second-order valence-corrected chi connectivity index (χ2v) is 5.12. The molecular formula is C12H23NO. The molecule has 0 aromatic carbocycles. The van der Waals surface area contributed by atoms with Crippen molar-refractivity contribution in [1.29, 1.82) is 0 Å². The van der Waals surface area contributed by atoms with Crippen LogP contribution in [-0.2, 0) is 4.74 Å². The first-order valence-electron chi connectivity index (χ1n) is 6.03. The molecule has 2 heteroatoms. The molecule has 0 amide bonds. The minimum absolute atomic E-state index is 0.750. The molecule has 82 valence electrons. The second-order valence-electron chi connectivity index (χ2n) is 5.12. The van der Waals surface area contributed by atoms with Gasteiger partial charge in [0, 0.05) is 19.8 Å². The first-order chi connectivity index (χ1) is 6.81. The van der Waals surface area contributed by atoms with Crippen LogP contribution < -0.4 is 5.32 Å². The Morgan fingerprint density at radius 2 is 2.07 bits per heavy atom. The van der Waals surface area contributed by atoms with Crippen LogP contribution in [0.4, 0.5) is 0 Å². The van der Waals surface area contributed by atoms with Crippen molar-refractivity contribution in [2.24, 2.45) is 17.8 Å². The van der Waals surface area contributed by atoms with Crippen LogP contribution in [0.2, 0.25) is 0 Å². The maximum atomic E-state index is 5.23. The van der Waals surface area contributed by atoms with Crippen molar-refractivity contribution in [2.45, 2.75) is 38.6 Å². The summed E-state index contributed by atoms with van der Waals surface area (Å²) in [6.45, 7) is 4.52. The molecule has 0 spiro atoms. The highest BCUT2D eigenvalue weighted by molar-refractivity contribution is 4.89. The van der Waals surface area contributed by atoms with Crippen LogP contribution in [0.15, 0.2) is 0 Å². The molecule has 1 N–H and O–H groups in total. The van der Waals surface area contributed by atoms with Crippen molar-refractivity contribution < 1.29 is 4.74 Å². The largest absolute Gasteiger partial charge is 0.384 e. The Morgan fingerprint density at radius 3 is 2.57 bits per heavy atom. The van der Waals surface area contributed by atoms with Gasteiger partial charge in [0.15, 0.2) is 0 Å². The Morgan fingerprint density at radius 1 is 1.29 bits per heavy atom. The quantitative estimate of drug-likeness (QED) is 0.703. The van der Waals surface area contributed by atoms with E-state index in [0.717, 1.165) is 30.4 Å². The molecule has 2 aliphatic carbocycles. The van der Waals surface area contributed by atoms with Crippen molar-refractivity contribution in [2.75, 3.05) is 20.3 Å². The molecule has 2 saturated carbocycles. The summed E-state index contributed by atoms with van der Waals surface area (Å²) in [7, 11) is 1.81. The van der Waals surface area contributed by atoms with E-state index >= 15 is 0 Å². The molecule has 14 heavy (non-hydrogen) atoms. The Hall–Kier alpha value is -0.0800. The highest BCUT2D eigenvalue weighted by Crippen LogP contribution is 2.39. The first kappa shape index (κ1) is 10.4. The normalized spacial score (nSPS) is 33.9. The van der Waals surface area contributed by atoms with Gasteiger partial charge in [0.25, 0.3) is 0 Å². The average molecular weight is 197 g/mol. The molecule has 3 atom stereocenters. The van der Waals surface area contributed by atoms with Crippen LogP contribution in [0.3, 0.4) is 0 Å². The van der Waals surface area contributed by atoms with Gasteiger partial charge in [-0.3, -0.25) is 0 Å². The highest BCUT2D eigenvalue weighted by atomic mass is 16.5. The monoisotopic (exact) mass is 197 g/mol. The van der Waals surface area contributed by atoms with Crippen LogP contribution in [0, 0.1) is 17.8 Å². The molecule has 0 saturated heterocycles. The van der Waals surface area contributed by atoms with Crippen LogP contribution in [-0.4, -0.2) is 26.3 Å². The molecule has 0 aromatic heterocycles. The predicted molar refractivity (Wildman–Crippen MR) is 58.3 cm³/mol. The summed E-state index contributed by atoms with van der Waals surface area (Å²) in [4.78, 5) is 0. The number of nitrogens with one attached hydrogen (secondary N) is 1. The Kier molecular flexibility index (Phi) is 3.45. The lowest BCUT2D eigenvalue weighted by atomic mass is 9.67. The van der Waals surface area contributed by atoms with Crippen LogP contribution >= 0.6 is 0 Å². The fraction of sp³-hybridized carbons (Fsp3) is 1.00. The van der Waals surface area contributed by atoms with Gasteiger partial charge in [-0.05, 0) is 50.0 Å². The van der Waals surface area contributed by atoms with Gasteiger partial charge in [-0.15, -0.1) is 0 Å². The molecule has 2 rings (SSSR count). The van der Waals surface area contributed by atoms with E-state index < -0.39 is 0 Å². The van der Waals surface area contributed by atoms with Gasteiger partial charge in [-0.25, -0.2) is 0 Å². The molecular weight excluding hydrogens is 174 g/mol. The van der Waals surface area contributed by atoms with Gasteiger partial charge < -0.3 is 10.1 Å². The first-order valence-corrected chi connectivity index (χ1v) is 6.03. The van der Waals surface area contributed by atoms with Gasteiger partial charge in [0.05, 0.1) is 0 Å². The summed E-state index contributed by atoms with van der Waals surface area (Å²) in [5, 5.41) is 3.64. The number of hydrogen-bond donors (Lipinski definition) is 1. The molecule has 2 nitrogen and oxygen atoms in total. The van der Waals surface area contributed by atoms with Crippen molar-refractivity contribution in [3.63, 3.8) is 0 Å². The third kappa shape index (κ3) is 2.48. The van der Waals surface area contributed by atoms with Gasteiger partial charge >= 0.3 is 0 Å². The summed E-state index contributed by atoms with van der Waals surface area (Å²) in [6, 6.07) is 0.869. The van der Waals surface area contributed by atoms with Crippen LogP contribution in [0.25, 0.3) is 0 Å². The number of rotatable bonds is 6. The van der Waals surface area contributed by atoms with Crippen molar-refractivity contribution in [3.05, 3.63) is 0 Å². The third-order valence-corrected chi connectivity index (χ3v) is 3.88. The number of ether oxygens (including phenoxy) is 1. The van der Waals surface area contributed by atoms with Gasteiger partial charge in [-0.2, -0.15) is 0 Å². The lowest BCUT2D eigenvalue weighted by Gasteiger charge is -2.40. The molecule has 2 aliphatic rings. The molecule has 0 aliphatic heterocycles. The van der Waals surface area contributed by atoms with Crippen LogP contribution in [0.1, 0.15) is 32.6 Å². The Labute approximate surface area is 87.4 Å². The molecule has 0 radical (unpaired) electrons. The number of methoxy groups -OCH3 is 1. The highest BCUT2D eigenvalue weighted by Gasteiger charge is 2.35. The molecule has 0 aromatic rings. The average Bonchev–Trinajstić information content (AvgIpc) is 2.86. The smallest absolute Gasteiger partial charge is 0.0490 e. The van der Waals surface area contributed by atoms with Crippen molar-refractivity contribution in [3.8, 4) is 0 Å². The zero-order valence-electron chi connectivity index (χ0n) is 9.46. The van der Waals surface area contributed by atoms with Crippen LogP contribution in [0.5, 0.6) is 0 Å². The lowest BCUT2D eigenvalue weighted by molar-refractivity contribution is 0.0517. The summed E-state index contributed by atoms with van der Waals surface area (Å²) in [5.74, 6) is 2.60. The van der Waals surface area contributed by atoms with Gasteiger partial charge in [-0.1, -0.05) is 6.92 Å². The van der Waals surface area contributed by atoms with E-state index in [2.05, 4.69) is 12.2 Å². The zero-order valence-corrected chi connectivity index (χ0v) is 9.46. The summed E-state index contributed by atoms with van der Waals surface area (Å²) >= 11 is 0. The van der Waals surface area contributed by atoms with E-state index in [1.807, 2.05) is 7.11 Å². The Bertz CT molecular complexity index is 179. The number of hydrogen-bond acceptors (Lipinski definition) is 2. The van der Waals surface area contributed by atoms with Gasteiger partial charge in [0.2, 0.25) is 0 Å². The molecule has 2 fully saturated rings. The van der Waals surface area contributed by atoms with E-state index in [0.29, 0.717) is 0 Å². The standard InChI is InChI=1S/C12H23NO/c1-9(8-14-2)12-6-3-10(12)7-13-11-4-5-11/h9-13H,3-8H2,1-2H3. The van der Waals surface area contributed by atoms with Gasteiger partial charge in [0.1, 0.15) is 0 Å². The van der Waals surface area contributed by atoms with E-state index in [1.54, 1.807) is 0 Å². The molecule has 0 heterocycles. The summed E-state index contributed by atoms with van der Waals surface area (Å²) < 4.78 is 5.23. The van der Waals surface area contributed by atoms with E-state index in [9.17, 15) is 0 Å². The predicted octanol–water partition coefficient (Wildman–Crippen LogP) is 2.05. The second kappa shape index (κ2) is 4.63. The fourth-order valence-corrected chi connectivity index (χ4v) is 2.59. The maximum absolute atomic E-state index is 5.23. The van der Waals surface area contributed by atoms with E-state index in [1.165, 1.54) is 32.2 Å². The SMILES string of the molecule is COCC(C)C1CCC1CNC1CC1. The minimum atomic E-state index is 0.750. The summed E-state index contributed by atoms with van der Waals surface area (Å²) in [5.41, 5.74) is 0. The lowest BCUT2D eigenvalue weighted by Crippen LogP contribution is -2.40. The van der Waals surface area contributed by atoms with E-state index in [4.69, 9.17) is 4.74 Å². The van der Waals surface area contributed by atoms with E-state index in [-0.39, 0.29) is 0 Å². The van der Waals surface area contributed by atoms with Crippen molar-refractivity contribution in [1.82, 2.24) is 5.32 Å². The topological polar surface area (TPSA) is 21.3 Å². The third-order valence-electron chi connectivity index (χ3n) is 3.88. The van der Waals surface area contributed by atoms with Crippen molar-refractivity contribution >= 4 is 0 Å². The minimum Gasteiger partial charge on any atom is -0.384 e. The maximum Gasteiger partial charge on any atom is 0.0490 e. The molecule has 0 bridgehead atoms. The molecule has 3 unspecified atom stereocenters. The fourth-order valence-electron chi connectivity index (χ4n) is 2.59. The zero-order chi connectivity index (χ0) is 9.97.